The van der Waals surface area contributed by atoms with Gasteiger partial charge in [-0.25, -0.2) is 4.39 Å². The van der Waals surface area contributed by atoms with E-state index in [4.69, 9.17) is 4.74 Å². The lowest BCUT2D eigenvalue weighted by molar-refractivity contribution is 0.296. The second kappa shape index (κ2) is 9.02. The molecule has 0 amide bonds. The molecule has 1 aliphatic carbocycles. The van der Waals surface area contributed by atoms with Gasteiger partial charge in [0.25, 0.3) is 0 Å². The summed E-state index contributed by atoms with van der Waals surface area (Å²) in [5.41, 5.74) is 3.30. The van der Waals surface area contributed by atoms with Gasteiger partial charge in [-0.3, -0.25) is 0 Å². The Morgan fingerprint density at radius 2 is 1.73 bits per heavy atom. The number of benzene rings is 2. The van der Waals surface area contributed by atoms with Crippen molar-refractivity contribution in [1.29, 1.82) is 0 Å². The maximum atomic E-state index is 14.1. The van der Waals surface area contributed by atoms with Gasteiger partial charge in [0.15, 0.2) is 11.6 Å². The summed E-state index contributed by atoms with van der Waals surface area (Å²) in [5, 5.41) is 0. The Morgan fingerprint density at radius 3 is 2.35 bits per heavy atom. The van der Waals surface area contributed by atoms with E-state index in [-0.39, 0.29) is 5.82 Å². The summed E-state index contributed by atoms with van der Waals surface area (Å²) in [4.78, 5) is 0. The van der Waals surface area contributed by atoms with Crippen LogP contribution in [0, 0.1) is 17.7 Å². The van der Waals surface area contributed by atoms with E-state index in [1.54, 1.807) is 12.1 Å². The highest BCUT2D eigenvalue weighted by Gasteiger charge is 2.18. The van der Waals surface area contributed by atoms with Crippen molar-refractivity contribution in [3.05, 3.63) is 66.5 Å². The molecular weight excluding hydrogens is 323 g/mol. The molecule has 0 atom stereocenters. The average molecular weight is 352 g/mol. The summed E-state index contributed by atoms with van der Waals surface area (Å²) in [6.07, 6.45) is 9.79. The third-order valence-electron chi connectivity index (χ3n) is 5.58. The fourth-order valence-corrected chi connectivity index (χ4v) is 3.90. The Kier molecular flexibility index (Phi) is 6.49. The largest absolute Gasteiger partial charge is 0.491 e. The van der Waals surface area contributed by atoms with Crippen molar-refractivity contribution in [2.75, 3.05) is 6.61 Å². The molecule has 3 rings (SSSR count). The van der Waals surface area contributed by atoms with Gasteiger partial charge in [0.05, 0.1) is 6.61 Å². The van der Waals surface area contributed by atoms with Gasteiger partial charge in [0.2, 0.25) is 0 Å². The molecule has 1 fully saturated rings. The first-order chi connectivity index (χ1) is 12.7. The van der Waals surface area contributed by atoms with Crippen molar-refractivity contribution < 1.29 is 9.13 Å². The molecule has 2 aromatic carbocycles. The zero-order chi connectivity index (χ0) is 18.4. The van der Waals surface area contributed by atoms with E-state index < -0.39 is 0 Å². The van der Waals surface area contributed by atoms with Crippen molar-refractivity contribution in [2.24, 2.45) is 11.8 Å². The van der Waals surface area contributed by atoms with E-state index in [0.29, 0.717) is 12.4 Å². The summed E-state index contributed by atoms with van der Waals surface area (Å²) < 4.78 is 19.3. The predicted molar refractivity (Wildman–Crippen MR) is 107 cm³/mol. The Morgan fingerprint density at radius 1 is 1.04 bits per heavy atom. The van der Waals surface area contributed by atoms with Crippen LogP contribution >= 0.6 is 0 Å². The molecule has 26 heavy (non-hydrogen) atoms. The van der Waals surface area contributed by atoms with Crippen LogP contribution in [0.25, 0.3) is 11.1 Å². The minimum Gasteiger partial charge on any atom is -0.491 e. The van der Waals surface area contributed by atoms with Crippen LogP contribution in [0.1, 0.15) is 44.6 Å². The van der Waals surface area contributed by atoms with Crippen molar-refractivity contribution >= 4 is 0 Å². The van der Waals surface area contributed by atoms with E-state index in [9.17, 15) is 4.39 Å². The molecule has 1 aliphatic rings. The van der Waals surface area contributed by atoms with Crippen LogP contribution in [0.2, 0.25) is 0 Å². The van der Waals surface area contributed by atoms with Gasteiger partial charge in [-0.15, -0.1) is 6.58 Å². The van der Waals surface area contributed by atoms with Gasteiger partial charge in [0, 0.05) is 0 Å². The number of hydrogen-bond donors (Lipinski definition) is 0. The van der Waals surface area contributed by atoms with Crippen LogP contribution in [0.3, 0.4) is 0 Å². The first-order valence-corrected chi connectivity index (χ1v) is 9.83. The highest BCUT2D eigenvalue weighted by atomic mass is 19.1. The molecule has 1 nitrogen and oxygen atoms in total. The maximum absolute atomic E-state index is 14.1. The lowest BCUT2D eigenvalue weighted by Gasteiger charge is -2.26. The first-order valence-electron chi connectivity index (χ1n) is 9.83. The molecule has 0 unspecified atom stereocenters. The van der Waals surface area contributed by atoms with E-state index >= 15 is 0 Å². The summed E-state index contributed by atoms with van der Waals surface area (Å²) in [6, 6.07) is 13.7. The van der Waals surface area contributed by atoms with E-state index in [1.165, 1.54) is 37.7 Å². The van der Waals surface area contributed by atoms with Gasteiger partial charge in [0.1, 0.15) is 0 Å². The summed E-state index contributed by atoms with van der Waals surface area (Å²) in [6.45, 7) is 6.26. The third kappa shape index (κ3) is 4.75. The Labute approximate surface area is 156 Å². The lowest BCUT2D eigenvalue weighted by atomic mass is 9.79. The standard InChI is InChI=1S/C24H29FO/c1-3-18-5-7-19(8-6-18)9-10-20-11-13-21(14-12-20)22-15-16-24(26-4-2)23(25)17-22/h3,11-19H,1,4-10H2,2H3. The first kappa shape index (κ1) is 18.7. The Bertz CT molecular complexity index is 711. The quantitative estimate of drug-likeness (QED) is 0.497. The molecule has 2 heteroatoms. The molecule has 0 heterocycles. The van der Waals surface area contributed by atoms with Gasteiger partial charge < -0.3 is 4.74 Å². The van der Waals surface area contributed by atoms with Gasteiger partial charge >= 0.3 is 0 Å². The SMILES string of the molecule is C=CC1CCC(CCc2ccc(-c3ccc(OCC)c(F)c3)cc2)CC1. The molecule has 0 N–H and O–H groups in total. The maximum Gasteiger partial charge on any atom is 0.165 e. The number of aryl methyl sites for hydroxylation is 1. The minimum atomic E-state index is -0.302. The highest BCUT2D eigenvalue weighted by Crippen LogP contribution is 2.32. The van der Waals surface area contributed by atoms with Gasteiger partial charge in [-0.2, -0.15) is 0 Å². The van der Waals surface area contributed by atoms with Crippen molar-refractivity contribution in [3.63, 3.8) is 0 Å². The summed E-state index contributed by atoms with van der Waals surface area (Å²) in [5.74, 6) is 1.61. The number of allylic oxidation sites excluding steroid dienone is 1. The monoisotopic (exact) mass is 352 g/mol. The zero-order valence-electron chi connectivity index (χ0n) is 15.7. The molecule has 138 valence electrons. The van der Waals surface area contributed by atoms with Crippen LogP contribution in [-0.4, -0.2) is 6.61 Å². The van der Waals surface area contributed by atoms with E-state index in [0.717, 1.165) is 29.4 Å². The second-order valence-corrected chi connectivity index (χ2v) is 7.33. The van der Waals surface area contributed by atoms with E-state index in [2.05, 4.69) is 36.9 Å². The fraction of sp³-hybridized carbons (Fsp3) is 0.417. The molecule has 2 aromatic rings. The number of halogens is 1. The van der Waals surface area contributed by atoms with Crippen molar-refractivity contribution in [2.45, 2.75) is 45.4 Å². The average Bonchev–Trinajstić information content (AvgIpc) is 2.69. The molecule has 0 radical (unpaired) electrons. The highest BCUT2D eigenvalue weighted by molar-refractivity contribution is 5.64. The molecule has 0 aromatic heterocycles. The molecule has 1 saturated carbocycles. The summed E-state index contributed by atoms with van der Waals surface area (Å²) >= 11 is 0. The number of hydrogen-bond acceptors (Lipinski definition) is 1. The number of ether oxygens (including phenoxy) is 1. The molecular formula is C24H29FO. The van der Waals surface area contributed by atoms with Crippen molar-refractivity contribution in [3.8, 4) is 16.9 Å². The topological polar surface area (TPSA) is 9.23 Å². The Hall–Kier alpha value is -2.09. The Balaban J connectivity index is 1.57. The van der Waals surface area contributed by atoms with Crippen LogP contribution in [0.5, 0.6) is 5.75 Å². The van der Waals surface area contributed by atoms with Crippen LogP contribution in [-0.2, 0) is 6.42 Å². The van der Waals surface area contributed by atoms with Crippen LogP contribution in [0.15, 0.2) is 55.1 Å². The molecule has 0 bridgehead atoms. The molecule has 0 saturated heterocycles. The lowest BCUT2D eigenvalue weighted by Crippen LogP contribution is -2.13. The normalized spacial score (nSPS) is 19.9. The van der Waals surface area contributed by atoms with Gasteiger partial charge in [-0.05, 0) is 86.1 Å². The molecule has 0 aliphatic heterocycles. The third-order valence-corrected chi connectivity index (χ3v) is 5.58. The zero-order valence-corrected chi connectivity index (χ0v) is 15.7. The predicted octanol–water partition coefficient (Wildman–Crippen LogP) is 6.82. The van der Waals surface area contributed by atoms with Crippen molar-refractivity contribution in [1.82, 2.24) is 0 Å². The van der Waals surface area contributed by atoms with Gasteiger partial charge in [-0.1, -0.05) is 36.4 Å². The van der Waals surface area contributed by atoms with E-state index in [1.807, 2.05) is 13.0 Å². The second-order valence-electron chi connectivity index (χ2n) is 7.33. The van der Waals surface area contributed by atoms with Crippen LogP contribution in [0.4, 0.5) is 4.39 Å². The summed E-state index contributed by atoms with van der Waals surface area (Å²) in [7, 11) is 0. The fourth-order valence-electron chi connectivity index (χ4n) is 3.90. The number of rotatable bonds is 7. The van der Waals surface area contributed by atoms with Crippen LogP contribution < -0.4 is 4.74 Å². The molecule has 0 spiro atoms. The minimum absolute atomic E-state index is 0.302. The smallest absolute Gasteiger partial charge is 0.165 e.